The van der Waals surface area contributed by atoms with Crippen molar-refractivity contribution in [3.63, 3.8) is 0 Å². The number of carboxylic acid groups (broad SMARTS) is 1. The van der Waals surface area contributed by atoms with Crippen LogP contribution in [-0.4, -0.2) is 50.5 Å². The topological polar surface area (TPSA) is 114 Å². The number of aliphatic carboxylic acids is 1. The van der Waals surface area contributed by atoms with Gasteiger partial charge in [-0.25, -0.2) is 14.4 Å². The molecule has 1 aromatic carbocycles. The number of amides is 2. The van der Waals surface area contributed by atoms with Gasteiger partial charge >= 0.3 is 18.2 Å². The molecule has 26 heavy (non-hydrogen) atoms. The summed E-state index contributed by atoms with van der Waals surface area (Å²) < 4.78 is 9.97. The minimum Gasteiger partial charge on any atom is -0.480 e. The molecule has 1 aromatic rings. The monoisotopic (exact) mass is 382 g/mol. The SMILES string of the molecule is C[Si](C)(C)CCOC(=O)NCC(NC(=O)OCc1ccccc1)C(=O)O. The van der Waals surface area contributed by atoms with Gasteiger partial charge in [-0.2, -0.15) is 0 Å². The summed E-state index contributed by atoms with van der Waals surface area (Å²) in [6.45, 7) is 6.46. The van der Waals surface area contributed by atoms with E-state index in [4.69, 9.17) is 14.6 Å². The fraction of sp³-hybridized carbons (Fsp3) is 0.471. The molecule has 144 valence electrons. The summed E-state index contributed by atoms with van der Waals surface area (Å²) in [7, 11) is -1.32. The van der Waals surface area contributed by atoms with Gasteiger partial charge in [-0.3, -0.25) is 0 Å². The molecule has 1 atom stereocenters. The van der Waals surface area contributed by atoms with E-state index in [1.54, 1.807) is 24.3 Å². The van der Waals surface area contributed by atoms with E-state index in [0.29, 0.717) is 0 Å². The molecule has 0 aliphatic heterocycles. The summed E-state index contributed by atoms with van der Waals surface area (Å²) >= 11 is 0. The Morgan fingerprint density at radius 1 is 1.08 bits per heavy atom. The highest BCUT2D eigenvalue weighted by Crippen LogP contribution is 2.07. The molecule has 2 amide bonds. The molecule has 1 rings (SSSR count). The van der Waals surface area contributed by atoms with Crippen molar-refractivity contribution < 1.29 is 29.0 Å². The Bertz CT molecular complexity index is 603. The van der Waals surface area contributed by atoms with Crippen molar-refractivity contribution in [1.82, 2.24) is 10.6 Å². The molecule has 0 spiro atoms. The Hall–Kier alpha value is -2.55. The quantitative estimate of drug-likeness (QED) is 0.565. The second-order valence-corrected chi connectivity index (χ2v) is 12.5. The van der Waals surface area contributed by atoms with Crippen molar-refractivity contribution in [2.45, 2.75) is 38.3 Å². The molecule has 0 fully saturated rings. The first-order valence-electron chi connectivity index (χ1n) is 8.28. The number of nitrogens with one attached hydrogen (secondary N) is 2. The van der Waals surface area contributed by atoms with Crippen LogP contribution in [0.2, 0.25) is 25.7 Å². The largest absolute Gasteiger partial charge is 0.480 e. The number of hydrogen-bond acceptors (Lipinski definition) is 5. The highest BCUT2D eigenvalue weighted by molar-refractivity contribution is 6.76. The van der Waals surface area contributed by atoms with E-state index in [9.17, 15) is 14.4 Å². The fourth-order valence-electron chi connectivity index (χ4n) is 1.79. The molecule has 8 nitrogen and oxygen atoms in total. The third kappa shape index (κ3) is 9.67. The number of carboxylic acids is 1. The van der Waals surface area contributed by atoms with Crippen molar-refractivity contribution in [3.8, 4) is 0 Å². The number of carbonyl (C=O) groups excluding carboxylic acids is 2. The highest BCUT2D eigenvalue weighted by atomic mass is 28.3. The third-order valence-electron chi connectivity index (χ3n) is 3.34. The number of carbonyl (C=O) groups is 3. The van der Waals surface area contributed by atoms with Gasteiger partial charge in [0.15, 0.2) is 0 Å². The van der Waals surface area contributed by atoms with Gasteiger partial charge in [-0.15, -0.1) is 0 Å². The summed E-state index contributed by atoms with van der Waals surface area (Å²) in [5, 5.41) is 13.7. The molecule has 0 heterocycles. The maximum absolute atomic E-state index is 11.7. The van der Waals surface area contributed by atoms with E-state index in [0.717, 1.165) is 11.6 Å². The molecule has 0 radical (unpaired) electrons. The molecular formula is C17H26N2O6Si. The standard InChI is InChI=1S/C17H26N2O6Si/c1-26(2,3)10-9-24-16(22)18-11-14(15(20)21)19-17(23)25-12-13-7-5-4-6-8-13/h4-8,14H,9-12H2,1-3H3,(H,18,22)(H,19,23)(H,20,21). The first kappa shape index (κ1) is 21.5. The van der Waals surface area contributed by atoms with Crippen molar-refractivity contribution in [2.75, 3.05) is 13.2 Å². The summed E-state index contributed by atoms with van der Waals surface area (Å²) in [4.78, 5) is 34.5. The van der Waals surface area contributed by atoms with E-state index < -0.39 is 32.3 Å². The van der Waals surface area contributed by atoms with Crippen LogP contribution in [0.25, 0.3) is 0 Å². The van der Waals surface area contributed by atoms with Crippen molar-refractivity contribution in [1.29, 1.82) is 0 Å². The molecule has 9 heteroatoms. The number of alkyl carbamates (subject to hydrolysis) is 2. The lowest BCUT2D eigenvalue weighted by molar-refractivity contribution is -0.139. The summed E-state index contributed by atoms with van der Waals surface area (Å²) in [5.74, 6) is -1.29. The van der Waals surface area contributed by atoms with Crippen LogP contribution in [0.15, 0.2) is 30.3 Å². The molecule has 0 aliphatic rings. The fourth-order valence-corrected chi connectivity index (χ4v) is 2.51. The van der Waals surface area contributed by atoms with Gasteiger partial charge in [-0.05, 0) is 11.6 Å². The van der Waals surface area contributed by atoms with E-state index in [2.05, 4.69) is 30.3 Å². The van der Waals surface area contributed by atoms with Gasteiger partial charge in [0.05, 0.1) is 13.2 Å². The molecule has 0 bridgehead atoms. The van der Waals surface area contributed by atoms with Gasteiger partial charge in [0.25, 0.3) is 0 Å². The normalized spacial score (nSPS) is 12.0. The zero-order valence-electron chi connectivity index (χ0n) is 15.3. The second kappa shape index (κ2) is 10.4. The molecule has 0 saturated carbocycles. The number of hydrogen-bond donors (Lipinski definition) is 3. The van der Waals surface area contributed by atoms with Gasteiger partial charge in [-0.1, -0.05) is 50.0 Å². The van der Waals surface area contributed by atoms with E-state index >= 15 is 0 Å². The minimum atomic E-state index is -1.32. The Morgan fingerprint density at radius 3 is 2.31 bits per heavy atom. The highest BCUT2D eigenvalue weighted by Gasteiger charge is 2.22. The average molecular weight is 382 g/mol. The van der Waals surface area contributed by atoms with Crippen LogP contribution in [0, 0.1) is 0 Å². The lowest BCUT2D eigenvalue weighted by Gasteiger charge is -2.17. The zero-order chi connectivity index (χ0) is 19.6. The van der Waals surface area contributed by atoms with Crippen LogP contribution in [0.3, 0.4) is 0 Å². The predicted octanol–water partition coefficient (Wildman–Crippen LogP) is 2.43. The first-order chi connectivity index (χ1) is 12.2. The first-order valence-corrected chi connectivity index (χ1v) is 12.0. The Morgan fingerprint density at radius 2 is 1.73 bits per heavy atom. The molecule has 0 aliphatic carbocycles. The average Bonchev–Trinajstić information content (AvgIpc) is 2.56. The lowest BCUT2D eigenvalue weighted by atomic mass is 10.2. The van der Waals surface area contributed by atoms with Gasteiger partial charge in [0.1, 0.15) is 12.6 Å². The van der Waals surface area contributed by atoms with Crippen LogP contribution in [0.5, 0.6) is 0 Å². The number of ether oxygens (including phenoxy) is 2. The van der Waals surface area contributed by atoms with Crippen LogP contribution in [-0.2, 0) is 20.9 Å². The maximum Gasteiger partial charge on any atom is 0.408 e. The zero-order valence-corrected chi connectivity index (χ0v) is 16.3. The molecule has 1 unspecified atom stereocenters. The third-order valence-corrected chi connectivity index (χ3v) is 5.04. The Balaban J connectivity index is 2.35. The maximum atomic E-state index is 11.7. The van der Waals surface area contributed by atoms with Crippen LogP contribution < -0.4 is 10.6 Å². The van der Waals surface area contributed by atoms with Crippen molar-refractivity contribution in [2.24, 2.45) is 0 Å². The Labute approximate surface area is 153 Å². The Kier molecular flexibility index (Phi) is 8.63. The molecule has 0 aromatic heterocycles. The number of benzene rings is 1. The lowest BCUT2D eigenvalue weighted by Crippen LogP contribution is -2.48. The molecule has 3 N–H and O–H groups in total. The minimum absolute atomic E-state index is 0.0190. The molecule has 0 saturated heterocycles. The van der Waals surface area contributed by atoms with E-state index in [1.807, 2.05) is 6.07 Å². The smallest absolute Gasteiger partial charge is 0.408 e. The molecular weight excluding hydrogens is 356 g/mol. The van der Waals surface area contributed by atoms with E-state index in [-0.39, 0.29) is 19.8 Å². The van der Waals surface area contributed by atoms with Crippen molar-refractivity contribution >= 4 is 26.2 Å². The van der Waals surface area contributed by atoms with Crippen LogP contribution in [0.1, 0.15) is 5.56 Å². The van der Waals surface area contributed by atoms with E-state index in [1.165, 1.54) is 0 Å². The summed E-state index contributed by atoms with van der Waals surface area (Å²) in [6.07, 6.45) is -1.59. The number of rotatable bonds is 9. The second-order valence-electron chi connectivity index (χ2n) is 6.92. The van der Waals surface area contributed by atoms with Gasteiger partial charge in [0.2, 0.25) is 0 Å². The van der Waals surface area contributed by atoms with Crippen LogP contribution >= 0.6 is 0 Å². The van der Waals surface area contributed by atoms with Crippen LogP contribution in [0.4, 0.5) is 9.59 Å². The summed E-state index contributed by atoms with van der Waals surface area (Å²) in [6, 6.07) is 8.48. The predicted molar refractivity (Wildman–Crippen MR) is 98.7 cm³/mol. The van der Waals surface area contributed by atoms with Crippen molar-refractivity contribution in [3.05, 3.63) is 35.9 Å². The summed E-state index contributed by atoms with van der Waals surface area (Å²) in [5.41, 5.74) is 0.777. The van der Waals surface area contributed by atoms with Gasteiger partial charge < -0.3 is 25.2 Å². The van der Waals surface area contributed by atoms with Gasteiger partial charge in [0, 0.05) is 8.07 Å².